The quantitative estimate of drug-likeness (QED) is 0.705. The predicted molar refractivity (Wildman–Crippen MR) is 85.0 cm³/mol. The van der Waals surface area contributed by atoms with Crippen LogP contribution in [0.4, 0.5) is 0 Å². The lowest BCUT2D eigenvalue weighted by Crippen LogP contribution is -2.03. The first-order chi connectivity index (χ1) is 10.1. The number of phenols is 1. The van der Waals surface area contributed by atoms with Gasteiger partial charge in [0.2, 0.25) is 0 Å². The number of aryl methyl sites for hydroxylation is 2. The van der Waals surface area contributed by atoms with Crippen LogP contribution >= 0.6 is 0 Å². The number of rotatable bonds is 2. The molecule has 0 aliphatic rings. The number of ketones is 1. The maximum atomic E-state index is 12.7. The van der Waals surface area contributed by atoms with Crippen LogP contribution in [0, 0.1) is 13.8 Å². The molecule has 0 bridgehead atoms. The van der Waals surface area contributed by atoms with Gasteiger partial charge in [0.25, 0.3) is 0 Å². The van der Waals surface area contributed by atoms with Gasteiger partial charge < -0.3 is 5.11 Å². The summed E-state index contributed by atoms with van der Waals surface area (Å²) in [5, 5.41) is 11.9. The Morgan fingerprint density at radius 1 is 0.810 bits per heavy atom. The lowest BCUT2D eigenvalue weighted by Gasteiger charge is -2.11. The fourth-order valence-corrected chi connectivity index (χ4v) is 2.81. The van der Waals surface area contributed by atoms with Crippen molar-refractivity contribution in [3.63, 3.8) is 0 Å². The van der Waals surface area contributed by atoms with E-state index in [9.17, 15) is 9.90 Å². The molecular formula is C19H16O2. The van der Waals surface area contributed by atoms with Gasteiger partial charge >= 0.3 is 0 Å². The van der Waals surface area contributed by atoms with E-state index in [1.807, 2.05) is 44.2 Å². The molecule has 0 spiro atoms. The van der Waals surface area contributed by atoms with E-state index in [4.69, 9.17) is 0 Å². The van der Waals surface area contributed by atoms with Crippen LogP contribution in [-0.4, -0.2) is 10.9 Å². The smallest absolute Gasteiger partial charge is 0.197 e. The molecular weight excluding hydrogens is 260 g/mol. The average Bonchev–Trinajstić information content (AvgIpc) is 2.47. The molecule has 0 fully saturated rings. The van der Waals surface area contributed by atoms with Crippen molar-refractivity contribution < 1.29 is 9.90 Å². The monoisotopic (exact) mass is 276 g/mol. The van der Waals surface area contributed by atoms with Crippen molar-refractivity contribution >= 4 is 16.6 Å². The van der Waals surface area contributed by atoms with Crippen LogP contribution in [0.15, 0.2) is 54.6 Å². The first-order valence-corrected chi connectivity index (χ1v) is 6.91. The Morgan fingerprint density at radius 3 is 2.29 bits per heavy atom. The van der Waals surface area contributed by atoms with Gasteiger partial charge in [0.05, 0.1) is 5.56 Å². The number of carbonyl (C=O) groups excluding carboxylic acids is 1. The lowest BCUT2D eigenvalue weighted by molar-refractivity contribution is 0.103. The minimum Gasteiger partial charge on any atom is -0.507 e. The molecule has 3 aromatic rings. The largest absolute Gasteiger partial charge is 0.507 e. The fourth-order valence-electron chi connectivity index (χ4n) is 2.81. The summed E-state index contributed by atoms with van der Waals surface area (Å²) in [4.78, 5) is 12.7. The highest BCUT2D eigenvalue weighted by molar-refractivity contribution is 6.18. The zero-order valence-corrected chi connectivity index (χ0v) is 12.1. The van der Waals surface area contributed by atoms with Crippen molar-refractivity contribution in [1.29, 1.82) is 0 Å². The first-order valence-electron chi connectivity index (χ1n) is 6.91. The summed E-state index contributed by atoms with van der Waals surface area (Å²) < 4.78 is 0. The summed E-state index contributed by atoms with van der Waals surface area (Å²) in [6.45, 7) is 4.09. The molecule has 0 atom stereocenters. The lowest BCUT2D eigenvalue weighted by atomic mass is 9.92. The highest BCUT2D eigenvalue weighted by atomic mass is 16.3. The molecule has 0 aliphatic heterocycles. The summed E-state index contributed by atoms with van der Waals surface area (Å²) in [5.41, 5.74) is 3.26. The molecule has 0 heterocycles. The van der Waals surface area contributed by atoms with E-state index < -0.39 is 0 Å². The minimum atomic E-state index is -0.149. The van der Waals surface area contributed by atoms with Gasteiger partial charge in [0.15, 0.2) is 5.78 Å². The second-order valence-corrected chi connectivity index (χ2v) is 5.27. The standard InChI is InChI=1S/C19H16O2/c1-12-6-5-8-14-15(11-10-13(2)18(12)14)19(21)16-7-3-4-9-17(16)20/h3-11,20H,1-2H3. The maximum absolute atomic E-state index is 12.7. The number of fused-ring (bicyclic) bond motifs is 1. The summed E-state index contributed by atoms with van der Waals surface area (Å²) in [6.07, 6.45) is 0. The van der Waals surface area contributed by atoms with Crippen LogP contribution in [0.5, 0.6) is 5.75 Å². The molecule has 0 amide bonds. The van der Waals surface area contributed by atoms with Gasteiger partial charge in [-0.05, 0) is 47.9 Å². The minimum absolute atomic E-state index is 0.0175. The van der Waals surface area contributed by atoms with E-state index in [1.54, 1.807) is 18.2 Å². The Morgan fingerprint density at radius 2 is 1.52 bits per heavy atom. The number of benzene rings is 3. The van der Waals surface area contributed by atoms with E-state index in [2.05, 4.69) is 0 Å². The Bertz CT molecular complexity index is 839. The maximum Gasteiger partial charge on any atom is 0.197 e. The van der Waals surface area contributed by atoms with Gasteiger partial charge in [-0.2, -0.15) is 0 Å². The number of aromatic hydroxyl groups is 1. The third-order valence-electron chi connectivity index (χ3n) is 3.85. The van der Waals surface area contributed by atoms with Crippen molar-refractivity contribution in [3.05, 3.63) is 76.9 Å². The van der Waals surface area contributed by atoms with Gasteiger partial charge in [0, 0.05) is 5.56 Å². The molecule has 21 heavy (non-hydrogen) atoms. The number of phenolic OH excluding ortho intramolecular Hbond substituents is 1. The van der Waals surface area contributed by atoms with E-state index in [0.717, 1.165) is 21.9 Å². The zero-order valence-electron chi connectivity index (χ0n) is 12.1. The molecule has 0 radical (unpaired) electrons. The third kappa shape index (κ3) is 2.19. The van der Waals surface area contributed by atoms with Crippen LogP contribution in [0.1, 0.15) is 27.0 Å². The van der Waals surface area contributed by atoms with E-state index >= 15 is 0 Å². The highest BCUT2D eigenvalue weighted by Crippen LogP contribution is 2.29. The van der Waals surface area contributed by atoms with E-state index in [-0.39, 0.29) is 11.5 Å². The van der Waals surface area contributed by atoms with Crippen LogP contribution < -0.4 is 0 Å². The molecule has 2 heteroatoms. The van der Waals surface area contributed by atoms with Crippen molar-refractivity contribution in [2.45, 2.75) is 13.8 Å². The molecule has 0 saturated carbocycles. The van der Waals surface area contributed by atoms with Crippen molar-refractivity contribution in [2.24, 2.45) is 0 Å². The Balaban J connectivity index is 2.27. The van der Waals surface area contributed by atoms with E-state index in [0.29, 0.717) is 11.1 Å². The Hall–Kier alpha value is -2.61. The molecule has 3 aromatic carbocycles. The molecule has 0 unspecified atom stereocenters. The van der Waals surface area contributed by atoms with Crippen LogP contribution in [-0.2, 0) is 0 Å². The van der Waals surface area contributed by atoms with E-state index in [1.165, 1.54) is 6.07 Å². The Labute approximate surface area is 123 Å². The molecule has 0 aliphatic carbocycles. The second-order valence-electron chi connectivity index (χ2n) is 5.27. The molecule has 3 rings (SSSR count). The van der Waals surface area contributed by atoms with Crippen LogP contribution in [0.2, 0.25) is 0 Å². The normalized spacial score (nSPS) is 10.8. The second kappa shape index (κ2) is 5.06. The van der Waals surface area contributed by atoms with Crippen molar-refractivity contribution in [3.8, 4) is 5.75 Å². The SMILES string of the molecule is Cc1cccc2c(C(=O)c3ccccc3O)ccc(C)c12. The molecule has 0 saturated heterocycles. The number of para-hydroxylation sites is 1. The van der Waals surface area contributed by atoms with Crippen LogP contribution in [0.3, 0.4) is 0 Å². The van der Waals surface area contributed by atoms with Crippen LogP contribution in [0.25, 0.3) is 10.8 Å². The van der Waals surface area contributed by atoms with Crippen molar-refractivity contribution in [2.75, 3.05) is 0 Å². The van der Waals surface area contributed by atoms with Gasteiger partial charge in [-0.1, -0.05) is 42.5 Å². The predicted octanol–water partition coefficient (Wildman–Crippen LogP) is 4.39. The van der Waals surface area contributed by atoms with Gasteiger partial charge in [0.1, 0.15) is 5.75 Å². The first kappa shape index (κ1) is 13.4. The topological polar surface area (TPSA) is 37.3 Å². The number of carbonyl (C=O) groups is 1. The summed E-state index contributed by atoms with van der Waals surface area (Å²) in [5.74, 6) is -0.132. The molecule has 104 valence electrons. The summed E-state index contributed by atoms with van der Waals surface area (Å²) >= 11 is 0. The summed E-state index contributed by atoms with van der Waals surface area (Å²) in [6, 6.07) is 16.4. The Kier molecular flexibility index (Phi) is 3.22. The van der Waals surface area contributed by atoms with Gasteiger partial charge in [-0.25, -0.2) is 0 Å². The third-order valence-corrected chi connectivity index (χ3v) is 3.85. The van der Waals surface area contributed by atoms with Crippen molar-refractivity contribution in [1.82, 2.24) is 0 Å². The molecule has 0 aromatic heterocycles. The number of hydrogen-bond acceptors (Lipinski definition) is 2. The molecule has 2 nitrogen and oxygen atoms in total. The summed E-state index contributed by atoms with van der Waals surface area (Å²) in [7, 11) is 0. The zero-order chi connectivity index (χ0) is 15.0. The highest BCUT2D eigenvalue weighted by Gasteiger charge is 2.16. The molecule has 1 N–H and O–H groups in total. The number of hydrogen-bond donors (Lipinski definition) is 1. The van der Waals surface area contributed by atoms with Gasteiger partial charge in [-0.15, -0.1) is 0 Å². The average molecular weight is 276 g/mol. The fraction of sp³-hybridized carbons (Fsp3) is 0.105. The van der Waals surface area contributed by atoms with Gasteiger partial charge in [-0.3, -0.25) is 4.79 Å².